The lowest BCUT2D eigenvalue weighted by Crippen LogP contribution is -2.29. The molecule has 2 aliphatic carbocycles. The van der Waals surface area contributed by atoms with Gasteiger partial charge in [-0.05, 0) is 103 Å². The molecule has 0 atom stereocenters. The SMILES string of the molecule is c1ccc(-c2ccc(N(c3ccc4c(c3)C(c3ccccc3)(c3ccccc3)c3ccccc3-4)c3cccc4c3-c3ccccc3C4(c3ccccc3)c3ccccc3)cc2)cc1. The summed E-state index contributed by atoms with van der Waals surface area (Å²) in [5.41, 5.74) is 19.9. The predicted molar refractivity (Wildman–Crippen MR) is 261 cm³/mol. The minimum absolute atomic E-state index is 0.525. The van der Waals surface area contributed by atoms with Crippen LogP contribution in [0, 0.1) is 0 Å². The summed E-state index contributed by atoms with van der Waals surface area (Å²) < 4.78 is 0. The van der Waals surface area contributed by atoms with Gasteiger partial charge < -0.3 is 4.90 Å². The molecule has 0 aromatic heterocycles. The zero-order chi connectivity index (χ0) is 41.8. The maximum Gasteiger partial charge on any atom is 0.0714 e. The third-order valence-corrected chi connectivity index (χ3v) is 13.6. The highest BCUT2D eigenvalue weighted by molar-refractivity contribution is 5.98. The molecule has 63 heavy (non-hydrogen) atoms. The maximum atomic E-state index is 2.51. The quantitative estimate of drug-likeness (QED) is 0.148. The van der Waals surface area contributed by atoms with Crippen molar-refractivity contribution in [3.05, 3.63) is 305 Å². The fourth-order valence-corrected chi connectivity index (χ4v) is 11.1. The Morgan fingerprint density at radius 3 is 1.21 bits per heavy atom. The van der Waals surface area contributed by atoms with Gasteiger partial charge in [-0.25, -0.2) is 0 Å². The molecule has 0 unspecified atom stereocenters. The number of hydrogen-bond acceptors (Lipinski definition) is 1. The van der Waals surface area contributed by atoms with Crippen molar-refractivity contribution in [1.29, 1.82) is 0 Å². The first-order valence-electron chi connectivity index (χ1n) is 21.9. The van der Waals surface area contributed by atoms with Gasteiger partial charge in [-0.15, -0.1) is 0 Å². The van der Waals surface area contributed by atoms with Crippen LogP contribution in [-0.2, 0) is 10.8 Å². The lowest BCUT2D eigenvalue weighted by molar-refractivity contribution is 0.768. The summed E-state index contributed by atoms with van der Waals surface area (Å²) in [6.07, 6.45) is 0. The van der Waals surface area contributed by atoms with Crippen LogP contribution in [0.15, 0.2) is 261 Å². The van der Waals surface area contributed by atoms with Gasteiger partial charge >= 0.3 is 0 Å². The smallest absolute Gasteiger partial charge is 0.0714 e. The summed E-state index contributed by atoms with van der Waals surface area (Å²) in [4.78, 5) is 2.51. The largest absolute Gasteiger partial charge is 0.310 e. The predicted octanol–water partition coefficient (Wildman–Crippen LogP) is 15.5. The van der Waals surface area contributed by atoms with Crippen LogP contribution in [0.4, 0.5) is 17.1 Å². The molecule has 0 aliphatic heterocycles. The average Bonchev–Trinajstić information content (AvgIpc) is 3.84. The van der Waals surface area contributed by atoms with Crippen molar-refractivity contribution in [1.82, 2.24) is 0 Å². The van der Waals surface area contributed by atoms with Gasteiger partial charge in [0.15, 0.2) is 0 Å². The molecule has 0 fully saturated rings. The van der Waals surface area contributed by atoms with Crippen LogP contribution < -0.4 is 4.90 Å². The van der Waals surface area contributed by atoms with Gasteiger partial charge in [0.25, 0.3) is 0 Å². The summed E-state index contributed by atoms with van der Waals surface area (Å²) in [7, 11) is 0. The van der Waals surface area contributed by atoms with Gasteiger partial charge in [0.05, 0.1) is 16.5 Å². The highest BCUT2D eigenvalue weighted by atomic mass is 15.1. The molecular formula is C62H43N. The number of rotatable bonds is 8. The zero-order valence-corrected chi connectivity index (χ0v) is 34.8. The van der Waals surface area contributed by atoms with E-state index in [0.29, 0.717) is 0 Å². The second kappa shape index (κ2) is 14.9. The molecular weight excluding hydrogens is 759 g/mol. The van der Waals surface area contributed by atoms with Gasteiger partial charge in [0.1, 0.15) is 0 Å². The summed E-state index contributed by atoms with van der Waals surface area (Å²) in [5, 5.41) is 0. The van der Waals surface area contributed by atoms with Gasteiger partial charge in [0, 0.05) is 16.9 Å². The van der Waals surface area contributed by atoms with Gasteiger partial charge in [0.2, 0.25) is 0 Å². The molecule has 296 valence electrons. The van der Waals surface area contributed by atoms with Crippen LogP contribution in [-0.4, -0.2) is 0 Å². The van der Waals surface area contributed by atoms with E-state index in [0.717, 1.165) is 17.1 Å². The van der Waals surface area contributed by atoms with Gasteiger partial charge in [-0.1, -0.05) is 231 Å². The van der Waals surface area contributed by atoms with E-state index in [2.05, 4.69) is 266 Å². The second-order valence-electron chi connectivity index (χ2n) is 16.7. The second-order valence-corrected chi connectivity index (χ2v) is 16.7. The number of nitrogens with zero attached hydrogens (tertiary/aromatic N) is 1. The molecule has 0 bridgehead atoms. The average molecular weight is 802 g/mol. The number of benzene rings is 10. The first-order chi connectivity index (χ1) is 31.3. The van der Waals surface area contributed by atoms with Crippen molar-refractivity contribution >= 4 is 17.1 Å². The van der Waals surface area contributed by atoms with Crippen molar-refractivity contribution in [2.75, 3.05) is 4.90 Å². The monoisotopic (exact) mass is 801 g/mol. The van der Waals surface area contributed by atoms with Crippen molar-refractivity contribution < 1.29 is 0 Å². The van der Waals surface area contributed by atoms with E-state index in [9.17, 15) is 0 Å². The van der Waals surface area contributed by atoms with E-state index in [1.54, 1.807) is 0 Å². The molecule has 10 aromatic carbocycles. The highest BCUT2D eigenvalue weighted by Crippen LogP contribution is 2.61. The molecule has 1 heteroatoms. The molecule has 0 spiro atoms. The number of fused-ring (bicyclic) bond motifs is 6. The molecule has 0 heterocycles. The molecule has 0 saturated carbocycles. The van der Waals surface area contributed by atoms with E-state index >= 15 is 0 Å². The molecule has 0 radical (unpaired) electrons. The van der Waals surface area contributed by atoms with Crippen LogP contribution in [0.1, 0.15) is 44.5 Å². The van der Waals surface area contributed by atoms with Crippen LogP contribution >= 0.6 is 0 Å². The molecule has 1 nitrogen and oxygen atoms in total. The Morgan fingerprint density at radius 1 is 0.254 bits per heavy atom. The Balaban J connectivity index is 1.16. The summed E-state index contributed by atoms with van der Waals surface area (Å²) >= 11 is 0. The normalized spacial score (nSPS) is 13.7. The lowest BCUT2D eigenvalue weighted by atomic mass is 9.67. The molecule has 0 amide bonds. The van der Waals surface area contributed by atoms with Crippen molar-refractivity contribution in [3.63, 3.8) is 0 Å². The minimum Gasteiger partial charge on any atom is -0.310 e. The van der Waals surface area contributed by atoms with E-state index in [4.69, 9.17) is 0 Å². The van der Waals surface area contributed by atoms with Crippen LogP contribution in [0.2, 0.25) is 0 Å². The van der Waals surface area contributed by atoms with E-state index in [1.165, 1.54) is 77.9 Å². The zero-order valence-electron chi connectivity index (χ0n) is 34.8. The Morgan fingerprint density at radius 2 is 0.651 bits per heavy atom. The Bertz CT molecular complexity index is 3170. The third-order valence-electron chi connectivity index (χ3n) is 13.6. The van der Waals surface area contributed by atoms with Crippen LogP contribution in [0.3, 0.4) is 0 Å². The van der Waals surface area contributed by atoms with E-state index in [-0.39, 0.29) is 0 Å². The Kier molecular flexibility index (Phi) is 8.69. The third kappa shape index (κ3) is 5.50. The van der Waals surface area contributed by atoms with Crippen molar-refractivity contribution in [2.45, 2.75) is 10.8 Å². The fourth-order valence-electron chi connectivity index (χ4n) is 11.1. The van der Waals surface area contributed by atoms with Crippen LogP contribution in [0.5, 0.6) is 0 Å². The Hall–Kier alpha value is -8.00. The molecule has 10 aromatic rings. The lowest BCUT2D eigenvalue weighted by Gasteiger charge is -2.35. The minimum atomic E-state index is -0.533. The molecule has 0 saturated heterocycles. The first kappa shape index (κ1) is 36.8. The van der Waals surface area contributed by atoms with Gasteiger partial charge in [-0.3, -0.25) is 0 Å². The first-order valence-corrected chi connectivity index (χ1v) is 21.9. The van der Waals surface area contributed by atoms with Crippen LogP contribution in [0.25, 0.3) is 33.4 Å². The topological polar surface area (TPSA) is 3.24 Å². The van der Waals surface area contributed by atoms with E-state index in [1.807, 2.05) is 0 Å². The molecule has 12 rings (SSSR count). The highest BCUT2D eigenvalue weighted by Gasteiger charge is 2.49. The standard InChI is InChI=1S/C62H43N/c1-6-21-44(22-7-1)45-37-39-50(40-38-45)63(51-41-42-53-52-31-16-18-33-55(52)62(58(53)43-51,48-27-12-4-13-28-48)49-29-14-5-15-30-49)59-36-20-35-57-60(59)54-32-17-19-34-56(54)61(57,46-23-8-2-9-24-46)47-25-10-3-11-26-47/h1-43H. The number of hydrogen-bond donors (Lipinski definition) is 0. The van der Waals surface area contributed by atoms with Crippen molar-refractivity contribution in [3.8, 4) is 33.4 Å². The molecule has 2 aliphatic rings. The van der Waals surface area contributed by atoms with Crippen molar-refractivity contribution in [2.24, 2.45) is 0 Å². The molecule has 0 N–H and O–H groups in total. The van der Waals surface area contributed by atoms with Gasteiger partial charge in [-0.2, -0.15) is 0 Å². The number of anilines is 3. The fraction of sp³-hybridized carbons (Fsp3) is 0.0323. The van der Waals surface area contributed by atoms with E-state index < -0.39 is 10.8 Å². The summed E-state index contributed by atoms with van der Waals surface area (Å²) in [6.45, 7) is 0. The summed E-state index contributed by atoms with van der Waals surface area (Å²) in [5.74, 6) is 0. The maximum absolute atomic E-state index is 2.51. The Labute approximate surface area is 369 Å². The summed E-state index contributed by atoms with van der Waals surface area (Å²) in [6, 6.07) is 96.5.